The molecule has 0 fully saturated rings. The molecule has 0 spiro atoms. The van der Waals surface area contributed by atoms with Crippen LogP contribution < -0.4 is 44.1 Å². The first kappa shape index (κ1) is 15.6. The van der Waals surface area contributed by atoms with E-state index >= 15 is 0 Å². The molecule has 2 aromatic rings. The first-order valence-electron chi connectivity index (χ1n) is 5.40. The molecule has 4 nitrogen and oxygen atoms in total. The molecule has 0 amide bonds. The molecule has 5 heteroatoms. The van der Waals surface area contributed by atoms with Crippen LogP contribution in [-0.2, 0) is 4.79 Å². The SMILES string of the molecule is O=C([O-])C(Oc1ccccc1)Oc1ccccc1.[Na+]. The quantitative estimate of drug-likeness (QED) is 0.474. The molecule has 0 bridgehead atoms. The zero-order chi connectivity index (χ0) is 12.8. The zero-order valence-corrected chi connectivity index (χ0v) is 12.5. The van der Waals surface area contributed by atoms with E-state index < -0.39 is 12.3 Å². The second kappa shape index (κ2) is 7.84. The number of carbonyl (C=O) groups excluding carboxylic acids is 1. The fraction of sp³-hybridized carbons (Fsp3) is 0.0714. The fourth-order valence-electron chi connectivity index (χ4n) is 1.37. The van der Waals surface area contributed by atoms with E-state index in [1.807, 2.05) is 0 Å². The number of rotatable bonds is 5. The van der Waals surface area contributed by atoms with E-state index in [1.54, 1.807) is 60.7 Å². The van der Waals surface area contributed by atoms with Crippen molar-refractivity contribution in [2.75, 3.05) is 0 Å². The second-order valence-electron chi connectivity index (χ2n) is 3.51. The smallest absolute Gasteiger partial charge is 0.543 e. The third-order valence-electron chi connectivity index (χ3n) is 2.17. The Balaban J connectivity index is 0.00000180. The van der Waals surface area contributed by atoms with Gasteiger partial charge in [-0.05, 0) is 24.3 Å². The maximum absolute atomic E-state index is 10.9. The van der Waals surface area contributed by atoms with Crippen LogP contribution in [0.15, 0.2) is 60.7 Å². The van der Waals surface area contributed by atoms with Crippen molar-refractivity contribution in [3.63, 3.8) is 0 Å². The largest absolute Gasteiger partial charge is 1.00 e. The van der Waals surface area contributed by atoms with Gasteiger partial charge in [-0.1, -0.05) is 36.4 Å². The molecule has 0 aliphatic carbocycles. The molecule has 0 aromatic heterocycles. The summed E-state index contributed by atoms with van der Waals surface area (Å²) in [6.07, 6.45) is -1.48. The standard InChI is InChI=1S/C14H12O4.Na/c15-13(16)14(17-11-7-3-1-4-8-11)18-12-9-5-2-6-10-12;/h1-10,14H,(H,15,16);/q;+1/p-1. The Labute approximate surface area is 133 Å². The molecule has 0 atom stereocenters. The number of carboxylic acids is 1. The Morgan fingerprint density at radius 1 is 0.842 bits per heavy atom. The molecule has 0 heterocycles. The summed E-state index contributed by atoms with van der Waals surface area (Å²) >= 11 is 0. The molecule has 0 N–H and O–H groups in total. The molecule has 92 valence electrons. The predicted octanol–water partition coefficient (Wildman–Crippen LogP) is -1.78. The molecule has 0 saturated carbocycles. The summed E-state index contributed by atoms with van der Waals surface area (Å²) in [6.45, 7) is 0. The van der Waals surface area contributed by atoms with Gasteiger partial charge in [-0.2, -0.15) is 0 Å². The molecule has 0 saturated heterocycles. The van der Waals surface area contributed by atoms with Gasteiger partial charge >= 0.3 is 29.6 Å². The van der Waals surface area contributed by atoms with Crippen LogP contribution in [-0.4, -0.2) is 12.3 Å². The number of ether oxygens (including phenoxy) is 2. The summed E-state index contributed by atoms with van der Waals surface area (Å²) in [6, 6.07) is 17.1. The van der Waals surface area contributed by atoms with Gasteiger partial charge < -0.3 is 19.4 Å². The summed E-state index contributed by atoms with van der Waals surface area (Å²) in [5.74, 6) is -0.618. The van der Waals surface area contributed by atoms with Crippen LogP contribution in [0.2, 0.25) is 0 Å². The van der Waals surface area contributed by atoms with Crippen LogP contribution in [0.25, 0.3) is 0 Å². The van der Waals surface area contributed by atoms with E-state index in [0.717, 1.165) is 0 Å². The van der Waals surface area contributed by atoms with Gasteiger partial charge in [0.25, 0.3) is 6.29 Å². The van der Waals surface area contributed by atoms with E-state index in [4.69, 9.17) is 9.47 Å². The van der Waals surface area contributed by atoms with Crippen molar-refractivity contribution in [2.24, 2.45) is 0 Å². The summed E-state index contributed by atoms with van der Waals surface area (Å²) in [4.78, 5) is 10.9. The first-order chi connectivity index (χ1) is 8.75. The third-order valence-corrected chi connectivity index (χ3v) is 2.17. The van der Waals surface area contributed by atoms with Crippen molar-refractivity contribution in [3.8, 4) is 11.5 Å². The molecule has 19 heavy (non-hydrogen) atoms. The Kier molecular flexibility index (Phi) is 6.42. The average molecular weight is 266 g/mol. The monoisotopic (exact) mass is 266 g/mol. The van der Waals surface area contributed by atoms with Crippen molar-refractivity contribution in [1.82, 2.24) is 0 Å². The van der Waals surface area contributed by atoms with Crippen LogP contribution >= 0.6 is 0 Å². The molecule has 0 aliphatic rings. The van der Waals surface area contributed by atoms with Gasteiger partial charge in [-0.25, -0.2) is 0 Å². The molecule has 2 rings (SSSR count). The van der Waals surface area contributed by atoms with Crippen LogP contribution in [0.1, 0.15) is 0 Å². The summed E-state index contributed by atoms with van der Waals surface area (Å²) in [5, 5.41) is 10.9. The topological polar surface area (TPSA) is 58.6 Å². The van der Waals surface area contributed by atoms with Gasteiger partial charge in [0.1, 0.15) is 17.5 Å². The fourth-order valence-corrected chi connectivity index (χ4v) is 1.37. The Bertz CT molecular complexity index is 460. The van der Waals surface area contributed by atoms with E-state index in [2.05, 4.69) is 0 Å². The first-order valence-corrected chi connectivity index (χ1v) is 5.40. The van der Waals surface area contributed by atoms with Crippen molar-refractivity contribution in [1.29, 1.82) is 0 Å². The number of para-hydroxylation sites is 2. The van der Waals surface area contributed by atoms with Crippen LogP contribution in [0.5, 0.6) is 11.5 Å². The van der Waals surface area contributed by atoms with E-state index in [9.17, 15) is 9.90 Å². The van der Waals surface area contributed by atoms with Crippen molar-refractivity contribution in [3.05, 3.63) is 60.7 Å². The van der Waals surface area contributed by atoms with Gasteiger partial charge in [-0.15, -0.1) is 0 Å². The van der Waals surface area contributed by atoms with E-state index in [-0.39, 0.29) is 29.6 Å². The zero-order valence-electron chi connectivity index (χ0n) is 10.5. The number of carboxylic acid groups (broad SMARTS) is 1. The maximum Gasteiger partial charge on any atom is 1.00 e. The Hall–Kier alpha value is -1.49. The minimum absolute atomic E-state index is 0. The van der Waals surface area contributed by atoms with Crippen LogP contribution in [0, 0.1) is 0 Å². The normalized spacial score (nSPS) is 9.53. The number of hydrogen-bond donors (Lipinski definition) is 0. The van der Waals surface area contributed by atoms with Gasteiger partial charge in [-0.3, -0.25) is 0 Å². The minimum Gasteiger partial charge on any atom is -0.543 e. The van der Waals surface area contributed by atoms with Crippen molar-refractivity contribution >= 4 is 5.97 Å². The summed E-state index contributed by atoms with van der Waals surface area (Å²) in [5.41, 5.74) is 0. The number of hydrogen-bond acceptors (Lipinski definition) is 4. The number of carbonyl (C=O) groups is 1. The van der Waals surface area contributed by atoms with Gasteiger partial charge in [0, 0.05) is 0 Å². The number of aliphatic carboxylic acids is 1. The summed E-state index contributed by atoms with van der Waals surface area (Å²) in [7, 11) is 0. The molecular weight excluding hydrogens is 255 g/mol. The third kappa shape index (κ3) is 4.95. The van der Waals surface area contributed by atoms with Gasteiger partial charge in [0.2, 0.25) is 0 Å². The maximum atomic E-state index is 10.9. The van der Waals surface area contributed by atoms with Crippen molar-refractivity contribution in [2.45, 2.75) is 6.29 Å². The molecular formula is C14H11NaO4. The minimum atomic E-state index is -1.48. The molecule has 0 aliphatic heterocycles. The number of benzene rings is 2. The van der Waals surface area contributed by atoms with Crippen LogP contribution in [0.3, 0.4) is 0 Å². The van der Waals surface area contributed by atoms with E-state index in [1.165, 1.54) is 0 Å². The van der Waals surface area contributed by atoms with Gasteiger partial charge in [0.15, 0.2) is 0 Å². The average Bonchev–Trinajstić information content (AvgIpc) is 2.40. The molecule has 0 unspecified atom stereocenters. The Morgan fingerprint density at radius 3 is 1.53 bits per heavy atom. The van der Waals surface area contributed by atoms with Gasteiger partial charge in [0.05, 0.1) is 0 Å². The van der Waals surface area contributed by atoms with Crippen molar-refractivity contribution < 1.29 is 48.9 Å². The van der Waals surface area contributed by atoms with E-state index in [0.29, 0.717) is 11.5 Å². The predicted molar refractivity (Wildman–Crippen MR) is 62.9 cm³/mol. The Morgan fingerprint density at radius 2 is 1.21 bits per heavy atom. The molecule has 2 aromatic carbocycles. The second-order valence-corrected chi connectivity index (χ2v) is 3.51. The molecule has 0 radical (unpaired) electrons. The van der Waals surface area contributed by atoms with Crippen LogP contribution in [0.4, 0.5) is 0 Å². The summed E-state index contributed by atoms with van der Waals surface area (Å²) < 4.78 is 10.4.